The van der Waals surface area contributed by atoms with Crippen molar-refractivity contribution in [1.29, 1.82) is 0 Å². The second kappa shape index (κ2) is 49.5. The van der Waals surface area contributed by atoms with Crippen molar-refractivity contribution in [1.82, 2.24) is 0 Å². The molecule has 0 amide bonds. The van der Waals surface area contributed by atoms with Gasteiger partial charge in [0.15, 0.2) is 6.29 Å². The van der Waals surface area contributed by atoms with Crippen molar-refractivity contribution in [3.05, 3.63) is 110 Å². The van der Waals surface area contributed by atoms with Gasteiger partial charge >= 0.3 is 445 Å². The van der Waals surface area contributed by atoms with Crippen molar-refractivity contribution in [3.8, 4) is 29.6 Å². The molecule has 0 N–H and O–H groups in total. The van der Waals surface area contributed by atoms with Crippen molar-refractivity contribution >= 4 is 54.7 Å². The van der Waals surface area contributed by atoms with E-state index in [1.54, 1.807) is 6.92 Å². The molecule has 3 aliphatic heterocycles. The maximum atomic E-state index is 12.7. The van der Waals surface area contributed by atoms with E-state index < -0.39 is 36.8 Å². The number of carbonyl (C=O) groups is 3. The topological polar surface area (TPSA) is 134 Å². The van der Waals surface area contributed by atoms with E-state index in [4.69, 9.17) is 55.6 Å². The van der Waals surface area contributed by atoms with Crippen LogP contribution in [0, 0.1) is 12.3 Å². The van der Waals surface area contributed by atoms with Gasteiger partial charge in [-0.05, 0) is 37.5 Å². The molecule has 3 aromatic rings. The summed E-state index contributed by atoms with van der Waals surface area (Å²) in [6.07, 6.45) is 33.3. The molecule has 6 rings (SSSR count). The molecule has 0 bridgehead atoms. The molecule has 3 aromatic carbocycles. The predicted molar refractivity (Wildman–Crippen MR) is 388 cm³/mol. The Morgan fingerprint density at radius 3 is 1.18 bits per heavy atom. The number of carbonyl (C=O) groups excluding carboxylic acids is 3. The minimum atomic E-state index is -2.75. The van der Waals surface area contributed by atoms with Crippen LogP contribution in [0.1, 0.15) is 258 Å². The molecule has 3 aliphatic rings. The summed E-state index contributed by atoms with van der Waals surface area (Å²) < 4.78 is 63.1. The fourth-order valence-electron chi connectivity index (χ4n) is 12.7. The second-order valence-corrected chi connectivity index (χ2v) is 51.9. The van der Waals surface area contributed by atoms with Gasteiger partial charge in [0.05, 0.1) is 25.6 Å². The monoisotopic (exact) mass is 1510 g/mol. The Morgan fingerprint density at radius 2 is 0.839 bits per heavy atom. The van der Waals surface area contributed by atoms with Crippen LogP contribution in [0.4, 0.5) is 0 Å². The number of hydrogen-bond acceptors (Lipinski definition) is 12. The summed E-state index contributed by atoms with van der Waals surface area (Å²) >= 11 is -5.19. The molecular formula is C79H126O12Sn2. The number of unbranched alkanes of at least 4 members (excludes halogenated alkanes) is 6. The fourth-order valence-corrected chi connectivity index (χ4v) is 43.7. The van der Waals surface area contributed by atoms with Gasteiger partial charge in [0, 0.05) is 6.42 Å². The van der Waals surface area contributed by atoms with E-state index in [0.717, 1.165) is 106 Å². The summed E-state index contributed by atoms with van der Waals surface area (Å²) in [4.78, 5) is 36.8. The molecular weight excluding hydrogens is 1380 g/mol. The molecule has 522 valence electrons. The molecule has 3 unspecified atom stereocenters. The number of esters is 3. The Bertz CT molecular complexity index is 2480. The molecule has 3 fully saturated rings. The zero-order valence-electron chi connectivity index (χ0n) is 58.7. The van der Waals surface area contributed by atoms with Gasteiger partial charge in [0.2, 0.25) is 0 Å². The van der Waals surface area contributed by atoms with Crippen LogP contribution in [0.2, 0.25) is 26.6 Å². The van der Waals surface area contributed by atoms with Crippen LogP contribution < -0.4 is 14.2 Å². The third-order valence-electron chi connectivity index (χ3n) is 18.2. The van der Waals surface area contributed by atoms with E-state index in [0.29, 0.717) is 32.7 Å². The van der Waals surface area contributed by atoms with Crippen LogP contribution in [0.3, 0.4) is 0 Å². The van der Waals surface area contributed by atoms with Crippen LogP contribution in [-0.2, 0) is 42.8 Å². The first-order valence-corrected chi connectivity index (χ1v) is 51.4. The summed E-state index contributed by atoms with van der Waals surface area (Å²) in [5.74, 6) is 4.36. The van der Waals surface area contributed by atoms with Crippen molar-refractivity contribution in [2.75, 3.05) is 39.6 Å². The van der Waals surface area contributed by atoms with Crippen LogP contribution in [-0.4, -0.2) is 113 Å². The van der Waals surface area contributed by atoms with Gasteiger partial charge in [0.1, 0.15) is 5.75 Å². The number of terminal acetylenes is 1. The molecule has 6 atom stereocenters. The Morgan fingerprint density at radius 1 is 0.495 bits per heavy atom. The van der Waals surface area contributed by atoms with Crippen LogP contribution in [0.25, 0.3) is 0 Å². The zero-order valence-corrected chi connectivity index (χ0v) is 64.4. The molecule has 0 spiro atoms. The van der Waals surface area contributed by atoms with Crippen molar-refractivity contribution < 1.29 is 57.0 Å². The molecule has 12 nitrogen and oxygen atoms in total. The molecule has 93 heavy (non-hydrogen) atoms. The Hall–Kier alpha value is -4.01. The average Bonchev–Trinajstić information content (AvgIpc) is 1.23. The van der Waals surface area contributed by atoms with Crippen LogP contribution in [0.15, 0.2) is 93.1 Å². The number of rotatable bonds is 40. The second-order valence-electron chi connectivity index (χ2n) is 25.5. The van der Waals surface area contributed by atoms with E-state index in [1.807, 2.05) is 62.4 Å². The summed E-state index contributed by atoms with van der Waals surface area (Å²) in [6.45, 7) is 27.7. The molecule has 0 aromatic heterocycles. The van der Waals surface area contributed by atoms with Gasteiger partial charge in [-0.1, -0.05) is 25.5 Å². The molecule has 3 heterocycles. The summed E-state index contributed by atoms with van der Waals surface area (Å²) in [5, 5.41) is 0. The number of allylic oxidation sites excluding steroid dienone is 2. The zero-order chi connectivity index (χ0) is 66.7. The average molecular weight is 1510 g/mol. The Kier molecular flexibility index (Phi) is 44.3. The number of ether oxygens (including phenoxy) is 9. The third-order valence-corrected chi connectivity index (χ3v) is 48.5. The van der Waals surface area contributed by atoms with Crippen molar-refractivity contribution in [2.45, 2.75) is 287 Å². The van der Waals surface area contributed by atoms with Gasteiger partial charge in [-0.25, -0.2) is 0 Å². The number of hydrogen-bond donors (Lipinski definition) is 0. The standard InChI is InChI=1S/2C18H23O4.C18H22O4.6C4H9.CH4.2Sn/c3*1-3-14(13-17(19)20-4-2)15-8-10-16(11-9-15)22-18-7-5-6-12-21-18;6*1-3-4-2;;;/h8-11,14,18H,1,4-7,12-13H2,2H3;1,3,8-11,14,18H,4-7,12-13H2,2H3;1,8-11,14,18H,4-7,12-13H2,2H3;6*1,3-4H2,2H3;1H4;;/t3*14-,18?;;;;;;;;;/m111........./s1. The first-order chi connectivity index (χ1) is 44.8. The molecule has 0 radical (unpaired) electrons. The minimum absolute atomic E-state index is 0. The summed E-state index contributed by atoms with van der Waals surface area (Å²) in [5.41, 5.74) is 3.24. The Labute approximate surface area is 573 Å². The first kappa shape index (κ1) is 83.2. The Balaban J connectivity index is 0.000000372. The molecule has 3 saturated heterocycles. The quantitative estimate of drug-likeness (QED) is 0.0232. The van der Waals surface area contributed by atoms with E-state index in [1.165, 1.54) is 113 Å². The van der Waals surface area contributed by atoms with Crippen LogP contribution >= 0.6 is 0 Å². The van der Waals surface area contributed by atoms with Crippen molar-refractivity contribution in [2.24, 2.45) is 0 Å². The maximum absolute atomic E-state index is 12.7. The van der Waals surface area contributed by atoms with E-state index in [2.05, 4.69) is 81.9 Å². The first-order valence-electron chi connectivity index (χ1n) is 36.2. The normalized spacial score (nSPS) is 17.5. The molecule has 0 saturated carbocycles. The SMILES string of the molecule is C.C#C[C@H](CC(=O)OCC)c1ccc(OC2CCCCO2)cc1.C=[C]([C@H](CC(=O)OCC)c1ccc(OC2CCCCO2)cc1)[Sn]([CH2]CCC)([CH2]CCC)[CH2]CCC.CCC[CH2][Sn](/[CH]=C/[C@H](CC(=O)OCC)c1ccc(OC2CCCCO2)cc1)([CH2]CCC)[CH2]CCC. The summed E-state index contributed by atoms with van der Waals surface area (Å²) in [7, 11) is 0. The van der Waals surface area contributed by atoms with E-state index in [-0.39, 0.29) is 68.4 Å². The van der Waals surface area contributed by atoms with Gasteiger partial charge < -0.3 is 14.2 Å². The van der Waals surface area contributed by atoms with Crippen molar-refractivity contribution in [3.63, 3.8) is 0 Å². The van der Waals surface area contributed by atoms with Gasteiger partial charge in [-0.15, -0.1) is 6.42 Å². The van der Waals surface area contributed by atoms with Gasteiger partial charge in [-0.2, -0.15) is 0 Å². The van der Waals surface area contributed by atoms with E-state index >= 15 is 0 Å². The van der Waals surface area contributed by atoms with E-state index in [9.17, 15) is 14.4 Å². The predicted octanol–water partition coefficient (Wildman–Crippen LogP) is 21.0. The molecule has 14 heteroatoms. The van der Waals surface area contributed by atoms with Crippen LogP contribution in [0.5, 0.6) is 17.2 Å². The number of benzene rings is 3. The summed E-state index contributed by atoms with van der Waals surface area (Å²) in [6, 6.07) is 24.2. The molecule has 0 aliphatic carbocycles. The van der Waals surface area contributed by atoms with Gasteiger partial charge in [0.25, 0.3) is 0 Å². The van der Waals surface area contributed by atoms with Gasteiger partial charge in [-0.3, -0.25) is 4.79 Å². The third kappa shape index (κ3) is 31.8. The fraction of sp³-hybridized carbons (Fsp3) is 0.658.